The molecule has 0 fully saturated rings. The normalized spacial score (nSPS) is 12.7. The highest BCUT2D eigenvalue weighted by Gasteiger charge is 2.08. The highest BCUT2D eigenvalue weighted by Crippen LogP contribution is 2.16. The van der Waals surface area contributed by atoms with Gasteiger partial charge in [0.05, 0.1) is 6.61 Å². The van der Waals surface area contributed by atoms with Gasteiger partial charge in [0.15, 0.2) is 0 Å². The van der Waals surface area contributed by atoms with Gasteiger partial charge in [-0.25, -0.2) is 0 Å². The summed E-state index contributed by atoms with van der Waals surface area (Å²) in [4.78, 5) is 4.14. The minimum atomic E-state index is 0.402. The van der Waals surface area contributed by atoms with Gasteiger partial charge in [0.2, 0.25) is 0 Å². The van der Waals surface area contributed by atoms with Crippen LogP contribution in [-0.2, 0) is 4.74 Å². The van der Waals surface area contributed by atoms with E-state index >= 15 is 0 Å². The number of hydrogen-bond acceptors (Lipinski definition) is 3. The molecule has 15 heavy (non-hydrogen) atoms. The summed E-state index contributed by atoms with van der Waals surface area (Å²) in [7, 11) is 1.72. The van der Waals surface area contributed by atoms with Gasteiger partial charge in [-0.2, -0.15) is 0 Å². The number of aromatic nitrogens is 1. The average molecular weight is 208 g/mol. The van der Waals surface area contributed by atoms with Crippen LogP contribution < -0.4 is 5.32 Å². The molecule has 1 atom stereocenters. The van der Waals surface area contributed by atoms with Crippen LogP contribution in [0, 0.1) is 0 Å². The molecule has 0 aromatic carbocycles. The Bertz CT molecular complexity index is 251. The maximum atomic E-state index is 5.03. The van der Waals surface area contributed by atoms with Crippen LogP contribution in [-0.4, -0.2) is 25.2 Å². The second-order valence-corrected chi connectivity index (χ2v) is 3.57. The van der Waals surface area contributed by atoms with Crippen molar-refractivity contribution in [2.75, 3.05) is 20.3 Å². The first-order valence-electron chi connectivity index (χ1n) is 5.50. The molecule has 0 saturated heterocycles. The number of nitrogens with one attached hydrogen (secondary N) is 1. The Morgan fingerprint density at radius 1 is 1.53 bits per heavy atom. The Kier molecular flexibility index (Phi) is 5.97. The predicted molar refractivity (Wildman–Crippen MR) is 61.8 cm³/mol. The van der Waals surface area contributed by atoms with Crippen molar-refractivity contribution in [1.82, 2.24) is 10.3 Å². The molecule has 1 heterocycles. The van der Waals surface area contributed by atoms with E-state index in [0.717, 1.165) is 19.6 Å². The number of nitrogens with zero attached hydrogens (tertiary/aromatic N) is 1. The van der Waals surface area contributed by atoms with Crippen molar-refractivity contribution in [3.8, 4) is 0 Å². The molecule has 0 aliphatic carbocycles. The fourth-order valence-electron chi connectivity index (χ4n) is 1.59. The summed E-state index contributed by atoms with van der Waals surface area (Å²) < 4.78 is 5.03. The van der Waals surface area contributed by atoms with E-state index in [2.05, 4.69) is 23.3 Å². The lowest BCUT2D eigenvalue weighted by Gasteiger charge is -2.17. The average Bonchev–Trinajstić information content (AvgIpc) is 2.29. The summed E-state index contributed by atoms with van der Waals surface area (Å²) in [5, 5.41) is 3.47. The second-order valence-electron chi connectivity index (χ2n) is 3.57. The van der Waals surface area contributed by atoms with Gasteiger partial charge < -0.3 is 10.1 Å². The number of hydrogen-bond donors (Lipinski definition) is 1. The minimum absolute atomic E-state index is 0.402. The van der Waals surface area contributed by atoms with Crippen LogP contribution in [0.1, 0.15) is 31.4 Å². The predicted octanol–water partition coefficient (Wildman–Crippen LogP) is 2.16. The first-order valence-corrected chi connectivity index (χ1v) is 5.50. The van der Waals surface area contributed by atoms with E-state index in [1.165, 1.54) is 12.0 Å². The monoisotopic (exact) mass is 208 g/mol. The van der Waals surface area contributed by atoms with Gasteiger partial charge in [-0.05, 0) is 18.1 Å². The van der Waals surface area contributed by atoms with E-state index < -0.39 is 0 Å². The van der Waals surface area contributed by atoms with Crippen molar-refractivity contribution in [2.24, 2.45) is 0 Å². The van der Waals surface area contributed by atoms with E-state index in [0.29, 0.717) is 6.04 Å². The van der Waals surface area contributed by atoms with Crippen molar-refractivity contribution in [3.63, 3.8) is 0 Å². The van der Waals surface area contributed by atoms with Crippen LogP contribution in [0.5, 0.6) is 0 Å². The second kappa shape index (κ2) is 7.37. The molecule has 0 aliphatic heterocycles. The van der Waals surface area contributed by atoms with Crippen molar-refractivity contribution < 1.29 is 4.74 Å². The third kappa shape index (κ3) is 4.40. The quantitative estimate of drug-likeness (QED) is 0.697. The third-order valence-electron chi connectivity index (χ3n) is 2.36. The van der Waals surface area contributed by atoms with E-state index in [1.807, 2.05) is 18.5 Å². The van der Waals surface area contributed by atoms with Gasteiger partial charge in [0.1, 0.15) is 0 Å². The molecule has 0 aliphatic rings. The van der Waals surface area contributed by atoms with Gasteiger partial charge >= 0.3 is 0 Å². The zero-order chi connectivity index (χ0) is 10.9. The van der Waals surface area contributed by atoms with E-state index in [1.54, 1.807) is 7.11 Å². The van der Waals surface area contributed by atoms with Crippen LogP contribution in [0.3, 0.4) is 0 Å². The Morgan fingerprint density at radius 3 is 3.00 bits per heavy atom. The Morgan fingerprint density at radius 2 is 2.40 bits per heavy atom. The Labute approximate surface area is 91.9 Å². The summed E-state index contributed by atoms with van der Waals surface area (Å²) >= 11 is 0. The third-order valence-corrected chi connectivity index (χ3v) is 2.36. The van der Waals surface area contributed by atoms with Crippen LogP contribution in [0.15, 0.2) is 24.5 Å². The molecule has 84 valence electrons. The van der Waals surface area contributed by atoms with E-state index in [-0.39, 0.29) is 0 Å². The number of ether oxygens (including phenoxy) is 1. The molecule has 3 heteroatoms. The summed E-state index contributed by atoms with van der Waals surface area (Å²) in [6.07, 6.45) is 6.04. The summed E-state index contributed by atoms with van der Waals surface area (Å²) in [6, 6.07) is 4.50. The van der Waals surface area contributed by atoms with Crippen LogP contribution in [0.25, 0.3) is 0 Å². The van der Waals surface area contributed by atoms with Gasteiger partial charge in [-0.3, -0.25) is 4.98 Å². The Hall–Kier alpha value is -0.930. The molecule has 0 bridgehead atoms. The molecular formula is C12H20N2O. The number of pyridine rings is 1. The maximum Gasteiger partial charge on any atom is 0.0587 e. The van der Waals surface area contributed by atoms with Crippen molar-refractivity contribution in [1.29, 1.82) is 0 Å². The summed E-state index contributed by atoms with van der Waals surface area (Å²) in [5.74, 6) is 0. The maximum absolute atomic E-state index is 5.03. The van der Waals surface area contributed by atoms with E-state index in [4.69, 9.17) is 4.74 Å². The molecular weight excluding hydrogens is 188 g/mol. The molecule has 1 aromatic heterocycles. The largest absolute Gasteiger partial charge is 0.383 e. The molecule has 0 saturated carbocycles. The molecule has 3 nitrogen and oxygen atoms in total. The fraction of sp³-hybridized carbons (Fsp3) is 0.583. The fourth-order valence-corrected chi connectivity index (χ4v) is 1.59. The van der Waals surface area contributed by atoms with Crippen molar-refractivity contribution in [3.05, 3.63) is 30.1 Å². The molecule has 1 rings (SSSR count). The number of rotatable bonds is 7. The van der Waals surface area contributed by atoms with Crippen molar-refractivity contribution in [2.45, 2.75) is 25.8 Å². The standard InChI is InChI=1S/C12H20N2O/c1-3-5-12(14-8-9-15-2)11-6-4-7-13-10-11/h4,6-7,10,12,14H,3,5,8-9H2,1-2H3. The zero-order valence-electron chi connectivity index (χ0n) is 9.57. The minimum Gasteiger partial charge on any atom is -0.383 e. The highest BCUT2D eigenvalue weighted by molar-refractivity contribution is 5.13. The van der Waals surface area contributed by atoms with E-state index in [9.17, 15) is 0 Å². The smallest absolute Gasteiger partial charge is 0.0587 e. The molecule has 0 spiro atoms. The zero-order valence-corrected chi connectivity index (χ0v) is 9.57. The summed E-state index contributed by atoms with van der Waals surface area (Å²) in [6.45, 7) is 3.83. The molecule has 1 aromatic rings. The Balaban J connectivity index is 2.50. The lowest BCUT2D eigenvalue weighted by Crippen LogP contribution is -2.25. The first kappa shape index (κ1) is 12.1. The topological polar surface area (TPSA) is 34.1 Å². The molecule has 0 amide bonds. The molecule has 1 unspecified atom stereocenters. The van der Waals surface area contributed by atoms with Gasteiger partial charge in [-0.1, -0.05) is 19.4 Å². The lowest BCUT2D eigenvalue weighted by molar-refractivity contribution is 0.195. The van der Waals surface area contributed by atoms with Gasteiger partial charge in [0, 0.05) is 32.1 Å². The van der Waals surface area contributed by atoms with Gasteiger partial charge in [0.25, 0.3) is 0 Å². The van der Waals surface area contributed by atoms with Crippen LogP contribution in [0.2, 0.25) is 0 Å². The molecule has 0 radical (unpaired) electrons. The van der Waals surface area contributed by atoms with Crippen molar-refractivity contribution >= 4 is 0 Å². The summed E-state index contributed by atoms with van der Waals surface area (Å²) in [5.41, 5.74) is 1.26. The number of methoxy groups -OCH3 is 1. The lowest BCUT2D eigenvalue weighted by atomic mass is 10.0. The SMILES string of the molecule is CCCC(NCCOC)c1cccnc1. The van der Waals surface area contributed by atoms with Crippen LogP contribution in [0.4, 0.5) is 0 Å². The van der Waals surface area contributed by atoms with Gasteiger partial charge in [-0.15, -0.1) is 0 Å². The molecule has 1 N–H and O–H groups in total. The first-order chi connectivity index (χ1) is 7.38. The highest BCUT2D eigenvalue weighted by atomic mass is 16.5. The van der Waals surface area contributed by atoms with Crippen LogP contribution >= 0.6 is 0 Å².